The molecule has 6 heteroatoms. The molecule has 1 aliphatic rings. The fourth-order valence-corrected chi connectivity index (χ4v) is 2.43. The van der Waals surface area contributed by atoms with Crippen LogP contribution in [0.5, 0.6) is 0 Å². The molecular weight excluding hydrogens is 266 g/mol. The van der Waals surface area contributed by atoms with Crippen molar-refractivity contribution in [2.45, 2.75) is 13.1 Å². The summed E-state index contributed by atoms with van der Waals surface area (Å²) in [6, 6.07) is 8.27. The number of terminal acetylenes is 1. The van der Waals surface area contributed by atoms with Gasteiger partial charge in [-0.2, -0.15) is 0 Å². The van der Waals surface area contributed by atoms with Gasteiger partial charge in [0.25, 0.3) is 0 Å². The van der Waals surface area contributed by atoms with Crippen LogP contribution in [-0.4, -0.2) is 51.4 Å². The minimum Gasteiger partial charge on any atom is -0.379 e. The molecule has 0 amide bonds. The fourth-order valence-electron chi connectivity index (χ4n) is 2.43. The monoisotopic (exact) mass is 283 g/mol. The largest absolute Gasteiger partial charge is 0.379 e. The van der Waals surface area contributed by atoms with Crippen molar-refractivity contribution in [3.05, 3.63) is 29.8 Å². The maximum absolute atomic E-state index is 5.37. The van der Waals surface area contributed by atoms with Gasteiger partial charge in [-0.3, -0.25) is 4.90 Å². The summed E-state index contributed by atoms with van der Waals surface area (Å²) >= 11 is 0. The number of hydrogen-bond donors (Lipinski definition) is 0. The molecule has 0 aliphatic carbocycles. The maximum Gasteiger partial charge on any atom is 0.182 e. The first-order chi connectivity index (χ1) is 10.4. The van der Waals surface area contributed by atoms with Gasteiger partial charge in [0.2, 0.25) is 0 Å². The lowest BCUT2D eigenvalue weighted by molar-refractivity contribution is 0.0342. The van der Waals surface area contributed by atoms with Crippen molar-refractivity contribution in [2.24, 2.45) is 0 Å². The van der Waals surface area contributed by atoms with Crippen LogP contribution in [0.15, 0.2) is 24.3 Å². The van der Waals surface area contributed by atoms with E-state index in [2.05, 4.69) is 38.5 Å². The first kappa shape index (κ1) is 13.7. The smallest absolute Gasteiger partial charge is 0.182 e. The lowest BCUT2D eigenvalue weighted by Gasteiger charge is -2.26. The average Bonchev–Trinajstić information content (AvgIpc) is 2.97. The molecule has 108 valence electrons. The Kier molecular flexibility index (Phi) is 4.24. The summed E-state index contributed by atoms with van der Waals surface area (Å²) < 4.78 is 7.01. The van der Waals surface area contributed by atoms with Gasteiger partial charge in [0.15, 0.2) is 5.82 Å². The average molecular weight is 283 g/mol. The summed E-state index contributed by atoms with van der Waals surface area (Å²) in [6.07, 6.45) is 5.34. The van der Waals surface area contributed by atoms with Crippen molar-refractivity contribution < 1.29 is 4.74 Å². The molecule has 3 rings (SSSR count). The number of hydrogen-bond acceptors (Lipinski definition) is 5. The van der Waals surface area contributed by atoms with Crippen LogP contribution < -0.4 is 0 Å². The molecule has 1 aliphatic heterocycles. The highest BCUT2D eigenvalue weighted by Gasteiger charge is 2.12. The van der Waals surface area contributed by atoms with Crippen LogP contribution in [0, 0.1) is 12.3 Å². The van der Waals surface area contributed by atoms with E-state index >= 15 is 0 Å². The third-order valence-corrected chi connectivity index (χ3v) is 3.47. The number of tetrazole rings is 1. The van der Waals surface area contributed by atoms with Gasteiger partial charge < -0.3 is 4.74 Å². The molecular formula is C15H17N5O. The Bertz CT molecular complexity index is 640. The third-order valence-electron chi connectivity index (χ3n) is 3.47. The van der Waals surface area contributed by atoms with Crippen LogP contribution >= 0.6 is 0 Å². The number of benzene rings is 1. The van der Waals surface area contributed by atoms with E-state index in [1.54, 1.807) is 4.68 Å². The highest BCUT2D eigenvalue weighted by molar-refractivity contribution is 5.55. The van der Waals surface area contributed by atoms with Gasteiger partial charge in [-0.05, 0) is 22.1 Å². The zero-order chi connectivity index (χ0) is 14.5. The van der Waals surface area contributed by atoms with Crippen molar-refractivity contribution in [2.75, 3.05) is 26.3 Å². The molecule has 2 aromatic rings. The molecule has 0 bridgehead atoms. The van der Waals surface area contributed by atoms with Crippen LogP contribution in [0.4, 0.5) is 0 Å². The molecule has 0 unspecified atom stereocenters. The lowest BCUT2D eigenvalue weighted by atomic mass is 10.1. The Morgan fingerprint density at radius 3 is 2.95 bits per heavy atom. The van der Waals surface area contributed by atoms with Gasteiger partial charge in [-0.1, -0.05) is 24.1 Å². The first-order valence-corrected chi connectivity index (χ1v) is 6.96. The Morgan fingerprint density at radius 2 is 2.14 bits per heavy atom. The molecule has 0 saturated carbocycles. The minimum absolute atomic E-state index is 0.371. The zero-order valence-electron chi connectivity index (χ0n) is 11.8. The van der Waals surface area contributed by atoms with Crippen LogP contribution in [0.2, 0.25) is 0 Å². The summed E-state index contributed by atoms with van der Waals surface area (Å²) in [6.45, 7) is 4.84. The second-order valence-electron chi connectivity index (χ2n) is 4.95. The SMILES string of the molecule is C#CCn1nnnc1-c1cccc(CN2CCOCC2)c1. The lowest BCUT2D eigenvalue weighted by Crippen LogP contribution is -2.35. The van der Waals surface area contributed by atoms with Crippen LogP contribution in [0.25, 0.3) is 11.4 Å². The number of morpholine rings is 1. The van der Waals surface area contributed by atoms with Crippen molar-refractivity contribution >= 4 is 0 Å². The van der Waals surface area contributed by atoms with E-state index in [1.165, 1.54) is 5.56 Å². The Hall–Kier alpha value is -2.23. The number of ether oxygens (including phenoxy) is 1. The maximum atomic E-state index is 5.37. The second kappa shape index (κ2) is 6.48. The van der Waals surface area contributed by atoms with Gasteiger partial charge in [0.05, 0.1) is 13.2 Å². The quantitative estimate of drug-likeness (QED) is 0.777. The van der Waals surface area contributed by atoms with Gasteiger partial charge in [0, 0.05) is 25.2 Å². The Balaban J connectivity index is 1.79. The van der Waals surface area contributed by atoms with E-state index in [0.29, 0.717) is 12.4 Å². The molecule has 21 heavy (non-hydrogen) atoms. The molecule has 0 N–H and O–H groups in total. The molecule has 1 aromatic carbocycles. The summed E-state index contributed by atoms with van der Waals surface area (Å²) in [5.74, 6) is 3.26. The van der Waals surface area contributed by atoms with Gasteiger partial charge in [-0.25, -0.2) is 4.68 Å². The van der Waals surface area contributed by atoms with E-state index in [1.807, 2.05) is 12.1 Å². The molecule has 6 nitrogen and oxygen atoms in total. The third kappa shape index (κ3) is 3.27. The number of aromatic nitrogens is 4. The van der Waals surface area contributed by atoms with Crippen molar-refractivity contribution in [1.29, 1.82) is 0 Å². The van der Waals surface area contributed by atoms with Crippen LogP contribution in [-0.2, 0) is 17.8 Å². The Morgan fingerprint density at radius 1 is 1.29 bits per heavy atom. The second-order valence-corrected chi connectivity index (χ2v) is 4.95. The summed E-state index contributed by atoms with van der Waals surface area (Å²) in [5, 5.41) is 11.7. The molecule has 0 atom stereocenters. The van der Waals surface area contributed by atoms with Crippen molar-refractivity contribution in [1.82, 2.24) is 25.1 Å². The Labute approximate surface area is 123 Å². The normalized spacial score (nSPS) is 15.8. The predicted molar refractivity (Wildman–Crippen MR) is 78.2 cm³/mol. The summed E-state index contributed by atoms with van der Waals surface area (Å²) in [5.41, 5.74) is 2.23. The fraction of sp³-hybridized carbons (Fsp3) is 0.400. The van der Waals surface area contributed by atoms with Gasteiger partial charge in [0.1, 0.15) is 6.54 Å². The molecule has 1 saturated heterocycles. The highest BCUT2D eigenvalue weighted by Crippen LogP contribution is 2.18. The molecule has 1 fully saturated rings. The molecule has 2 heterocycles. The van der Waals surface area contributed by atoms with E-state index in [-0.39, 0.29) is 0 Å². The van der Waals surface area contributed by atoms with Crippen molar-refractivity contribution in [3.8, 4) is 23.7 Å². The van der Waals surface area contributed by atoms with Crippen LogP contribution in [0.3, 0.4) is 0 Å². The van der Waals surface area contributed by atoms with Crippen LogP contribution in [0.1, 0.15) is 5.56 Å². The standard InChI is InChI=1S/C15H17N5O/c1-2-6-20-15(16-17-18-20)14-5-3-4-13(11-14)12-19-7-9-21-10-8-19/h1,3-5,11H,6-10,12H2. The van der Waals surface area contributed by atoms with E-state index < -0.39 is 0 Å². The predicted octanol–water partition coefficient (Wildman–Crippen LogP) is 0.805. The molecule has 0 spiro atoms. The van der Waals surface area contributed by atoms with E-state index in [0.717, 1.165) is 38.4 Å². The summed E-state index contributed by atoms with van der Waals surface area (Å²) in [7, 11) is 0. The number of rotatable bonds is 4. The summed E-state index contributed by atoms with van der Waals surface area (Å²) in [4.78, 5) is 2.38. The number of nitrogens with zero attached hydrogens (tertiary/aromatic N) is 5. The van der Waals surface area contributed by atoms with E-state index in [4.69, 9.17) is 11.2 Å². The topological polar surface area (TPSA) is 56.1 Å². The molecule has 0 radical (unpaired) electrons. The van der Waals surface area contributed by atoms with E-state index in [9.17, 15) is 0 Å². The molecule has 1 aromatic heterocycles. The zero-order valence-corrected chi connectivity index (χ0v) is 11.8. The first-order valence-electron chi connectivity index (χ1n) is 6.96. The van der Waals surface area contributed by atoms with Crippen molar-refractivity contribution in [3.63, 3.8) is 0 Å². The minimum atomic E-state index is 0.371. The van der Waals surface area contributed by atoms with Gasteiger partial charge >= 0.3 is 0 Å². The van der Waals surface area contributed by atoms with Gasteiger partial charge in [-0.15, -0.1) is 11.5 Å². The highest BCUT2D eigenvalue weighted by atomic mass is 16.5.